The number of carbonyl (C=O) groups excluding carboxylic acids is 2. The highest BCUT2D eigenvalue weighted by Gasteiger charge is 2.25. The minimum atomic E-state index is -0.581. The summed E-state index contributed by atoms with van der Waals surface area (Å²) in [6, 6.07) is 7.32. The number of hydrogen-bond acceptors (Lipinski definition) is 3. The molecule has 0 unspecified atom stereocenters. The Morgan fingerprint density at radius 2 is 1.67 bits per heavy atom. The third kappa shape index (κ3) is 5.41. The lowest BCUT2D eigenvalue weighted by atomic mass is 9.95. The molecule has 1 aromatic rings. The van der Waals surface area contributed by atoms with Crippen LogP contribution in [-0.2, 0) is 9.59 Å². The van der Waals surface area contributed by atoms with Crippen molar-refractivity contribution in [2.75, 3.05) is 20.2 Å². The van der Waals surface area contributed by atoms with Crippen LogP contribution < -0.4 is 10.1 Å². The minimum absolute atomic E-state index is 0.187. The van der Waals surface area contributed by atoms with Gasteiger partial charge in [-0.2, -0.15) is 0 Å². The summed E-state index contributed by atoms with van der Waals surface area (Å²) in [5, 5.41) is 2.78. The molecule has 0 aliphatic carbocycles. The van der Waals surface area contributed by atoms with Crippen molar-refractivity contribution in [3.63, 3.8) is 0 Å². The Morgan fingerprint density at radius 3 is 2.08 bits per heavy atom. The Labute approximate surface area is 144 Å². The van der Waals surface area contributed by atoms with Gasteiger partial charge in [0.05, 0.1) is 7.11 Å². The Bertz CT molecular complexity index is 594. The highest BCUT2D eigenvalue weighted by atomic mass is 16.5. The SMILES string of the molecule is CCN(CC)C(=O)/C(=C\c1ccc(OC)cc1)NC(=O)C(C)(C)C. The van der Waals surface area contributed by atoms with E-state index in [1.807, 2.05) is 58.9 Å². The standard InChI is InChI=1S/C19H28N2O3/c1-7-21(8-2)17(22)16(20-18(23)19(3,4)5)13-14-9-11-15(24-6)12-10-14/h9-13H,7-8H2,1-6H3,(H,20,23)/b16-13+. The van der Waals surface area contributed by atoms with E-state index >= 15 is 0 Å². The molecule has 0 aliphatic rings. The lowest BCUT2D eigenvalue weighted by Crippen LogP contribution is -2.41. The predicted octanol–water partition coefficient (Wildman–Crippen LogP) is 3.07. The zero-order valence-corrected chi connectivity index (χ0v) is 15.5. The topological polar surface area (TPSA) is 58.6 Å². The van der Waals surface area contributed by atoms with E-state index in [1.54, 1.807) is 18.1 Å². The average Bonchev–Trinajstić information content (AvgIpc) is 2.55. The van der Waals surface area contributed by atoms with Crippen molar-refractivity contribution in [3.8, 4) is 5.75 Å². The van der Waals surface area contributed by atoms with Gasteiger partial charge in [0.1, 0.15) is 11.4 Å². The van der Waals surface area contributed by atoms with Crippen LogP contribution in [0.25, 0.3) is 6.08 Å². The molecule has 0 aliphatic heterocycles. The molecular weight excluding hydrogens is 304 g/mol. The number of hydrogen-bond donors (Lipinski definition) is 1. The Hall–Kier alpha value is -2.30. The largest absolute Gasteiger partial charge is 0.497 e. The van der Waals surface area contributed by atoms with Crippen molar-refractivity contribution in [2.45, 2.75) is 34.6 Å². The summed E-state index contributed by atoms with van der Waals surface area (Å²) in [7, 11) is 1.60. The van der Waals surface area contributed by atoms with E-state index in [0.717, 1.165) is 11.3 Å². The normalized spacial score (nSPS) is 11.8. The molecule has 1 aromatic carbocycles. The molecule has 1 rings (SSSR count). The van der Waals surface area contributed by atoms with Crippen molar-refractivity contribution in [1.29, 1.82) is 0 Å². The maximum atomic E-state index is 12.7. The minimum Gasteiger partial charge on any atom is -0.497 e. The van der Waals surface area contributed by atoms with Gasteiger partial charge in [-0.1, -0.05) is 32.9 Å². The third-order valence-corrected chi connectivity index (χ3v) is 3.64. The molecule has 5 heteroatoms. The van der Waals surface area contributed by atoms with Crippen molar-refractivity contribution >= 4 is 17.9 Å². The zero-order valence-electron chi connectivity index (χ0n) is 15.5. The van der Waals surface area contributed by atoms with Crippen LogP contribution in [0.2, 0.25) is 0 Å². The Balaban J connectivity index is 3.17. The van der Waals surface area contributed by atoms with Crippen LogP contribution in [0.5, 0.6) is 5.75 Å². The molecule has 0 atom stereocenters. The molecule has 0 aromatic heterocycles. The van der Waals surface area contributed by atoms with Gasteiger partial charge in [-0.25, -0.2) is 0 Å². The number of methoxy groups -OCH3 is 1. The van der Waals surface area contributed by atoms with Crippen LogP contribution in [0, 0.1) is 5.41 Å². The second-order valence-corrected chi connectivity index (χ2v) is 6.51. The van der Waals surface area contributed by atoms with Crippen molar-refractivity contribution in [3.05, 3.63) is 35.5 Å². The predicted molar refractivity (Wildman–Crippen MR) is 96.5 cm³/mol. The Morgan fingerprint density at radius 1 is 1.12 bits per heavy atom. The van der Waals surface area contributed by atoms with E-state index in [-0.39, 0.29) is 17.5 Å². The van der Waals surface area contributed by atoms with Gasteiger partial charge >= 0.3 is 0 Å². The van der Waals surface area contributed by atoms with Crippen LogP contribution in [-0.4, -0.2) is 36.9 Å². The van der Waals surface area contributed by atoms with Crippen molar-refractivity contribution in [1.82, 2.24) is 10.2 Å². The fraction of sp³-hybridized carbons (Fsp3) is 0.474. The number of carbonyl (C=O) groups is 2. The van der Waals surface area contributed by atoms with Crippen LogP contribution in [0.4, 0.5) is 0 Å². The van der Waals surface area contributed by atoms with Gasteiger partial charge in [0.2, 0.25) is 5.91 Å². The molecule has 0 saturated heterocycles. The van der Waals surface area contributed by atoms with Gasteiger partial charge < -0.3 is 15.0 Å². The fourth-order valence-electron chi connectivity index (χ4n) is 2.01. The Kier molecular flexibility index (Phi) is 7.01. The third-order valence-electron chi connectivity index (χ3n) is 3.64. The van der Waals surface area contributed by atoms with Gasteiger partial charge in [-0.05, 0) is 37.6 Å². The van der Waals surface area contributed by atoms with Crippen molar-refractivity contribution in [2.24, 2.45) is 5.41 Å². The second-order valence-electron chi connectivity index (χ2n) is 6.51. The molecule has 0 spiro atoms. The van der Waals surface area contributed by atoms with E-state index < -0.39 is 5.41 Å². The van der Waals surface area contributed by atoms with Crippen LogP contribution in [0.15, 0.2) is 30.0 Å². The van der Waals surface area contributed by atoms with Gasteiger partial charge in [0, 0.05) is 18.5 Å². The van der Waals surface area contributed by atoms with E-state index in [9.17, 15) is 9.59 Å². The first-order chi connectivity index (χ1) is 11.2. The molecule has 2 amide bonds. The second kappa shape index (κ2) is 8.52. The molecule has 24 heavy (non-hydrogen) atoms. The smallest absolute Gasteiger partial charge is 0.270 e. The van der Waals surface area contributed by atoms with Crippen LogP contribution in [0.3, 0.4) is 0 Å². The van der Waals surface area contributed by atoms with Gasteiger partial charge in [-0.15, -0.1) is 0 Å². The molecule has 0 radical (unpaired) electrons. The summed E-state index contributed by atoms with van der Waals surface area (Å²) in [6.07, 6.45) is 1.70. The maximum absolute atomic E-state index is 12.7. The zero-order chi connectivity index (χ0) is 18.3. The van der Waals surface area contributed by atoms with Gasteiger partial charge in [0.15, 0.2) is 0 Å². The summed E-state index contributed by atoms with van der Waals surface area (Å²) < 4.78 is 5.14. The van der Waals surface area contributed by atoms with Gasteiger partial charge in [-0.3, -0.25) is 9.59 Å². The number of amides is 2. The molecule has 0 heterocycles. The average molecular weight is 332 g/mol. The summed E-state index contributed by atoms with van der Waals surface area (Å²) in [5.74, 6) is 0.360. The molecule has 132 valence electrons. The first-order valence-corrected chi connectivity index (χ1v) is 8.19. The molecule has 0 saturated carbocycles. The quantitative estimate of drug-likeness (QED) is 0.815. The fourth-order valence-corrected chi connectivity index (χ4v) is 2.01. The van der Waals surface area contributed by atoms with Crippen molar-refractivity contribution < 1.29 is 14.3 Å². The van der Waals surface area contributed by atoms with Gasteiger partial charge in [0.25, 0.3) is 5.91 Å². The molecule has 5 nitrogen and oxygen atoms in total. The molecule has 0 bridgehead atoms. The number of nitrogens with zero attached hydrogens (tertiary/aromatic N) is 1. The summed E-state index contributed by atoms with van der Waals surface area (Å²) in [6.45, 7) is 10.4. The number of benzene rings is 1. The summed E-state index contributed by atoms with van der Waals surface area (Å²) >= 11 is 0. The monoisotopic (exact) mass is 332 g/mol. The van der Waals surface area contributed by atoms with E-state index in [2.05, 4.69) is 5.32 Å². The molecular formula is C19H28N2O3. The summed E-state index contributed by atoms with van der Waals surface area (Å²) in [5.41, 5.74) is 0.520. The van der Waals surface area contributed by atoms with Crippen LogP contribution in [0.1, 0.15) is 40.2 Å². The maximum Gasteiger partial charge on any atom is 0.270 e. The molecule has 0 fully saturated rings. The number of nitrogens with one attached hydrogen (secondary N) is 1. The lowest BCUT2D eigenvalue weighted by molar-refractivity contribution is -0.132. The number of ether oxygens (including phenoxy) is 1. The summed E-state index contributed by atoms with van der Waals surface area (Å²) in [4.78, 5) is 26.7. The molecule has 1 N–H and O–H groups in total. The van der Waals surface area contributed by atoms with E-state index in [0.29, 0.717) is 13.1 Å². The first kappa shape index (κ1) is 19.7. The van der Waals surface area contributed by atoms with Crippen LogP contribution >= 0.6 is 0 Å². The van der Waals surface area contributed by atoms with E-state index in [4.69, 9.17) is 4.74 Å². The highest BCUT2D eigenvalue weighted by molar-refractivity contribution is 6.02. The first-order valence-electron chi connectivity index (χ1n) is 8.19. The number of rotatable bonds is 6. The lowest BCUT2D eigenvalue weighted by Gasteiger charge is -2.23. The highest BCUT2D eigenvalue weighted by Crippen LogP contribution is 2.17. The number of likely N-dealkylation sites (N-methyl/N-ethyl adjacent to an activating group) is 1. The van der Waals surface area contributed by atoms with E-state index in [1.165, 1.54) is 0 Å².